The summed E-state index contributed by atoms with van der Waals surface area (Å²) in [5.74, 6) is 1.22. The van der Waals surface area contributed by atoms with Gasteiger partial charge in [0.05, 0.1) is 11.7 Å². The van der Waals surface area contributed by atoms with E-state index in [9.17, 15) is 18.0 Å². The van der Waals surface area contributed by atoms with Gasteiger partial charge in [-0.2, -0.15) is 13.2 Å². The van der Waals surface area contributed by atoms with Gasteiger partial charge in [-0.1, -0.05) is 62.4 Å². The van der Waals surface area contributed by atoms with E-state index in [0.29, 0.717) is 28.6 Å². The predicted molar refractivity (Wildman–Crippen MR) is 140 cm³/mol. The van der Waals surface area contributed by atoms with Crippen molar-refractivity contribution in [2.75, 3.05) is 6.61 Å². The van der Waals surface area contributed by atoms with Gasteiger partial charge in [0, 0.05) is 27.2 Å². The lowest BCUT2D eigenvalue weighted by Gasteiger charge is -2.32. The van der Waals surface area contributed by atoms with Gasteiger partial charge in [0.2, 0.25) is 0 Å². The minimum absolute atomic E-state index is 0.159. The summed E-state index contributed by atoms with van der Waals surface area (Å²) in [6, 6.07) is 16.0. The molecule has 1 unspecified atom stereocenters. The van der Waals surface area contributed by atoms with Gasteiger partial charge < -0.3 is 19.0 Å². The van der Waals surface area contributed by atoms with E-state index in [1.54, 1.807) is 11.8 Å². The molecule has 0 radical (unpaired) electrons. The Morgan fingerprint density at radius 3 is 2.45 bits per heavy atom. The summed E-state index contributed by atoms with van der Waals surface area (Å²) in [5.41, 5.74) is 0.261. The number of carboxylic acid groups (broad SMARTS) is 1. The number of allylic oxidation sites excluding steroid dienone is 1. The highest BCUT2D eigenvalue weighted by atomic mass is 32.2. The molecule has 0 bridgehead atoms. The van der Waals surface area contributed by atoms with Crippen molar-refractivity contribution in [2.45, 2.75) is 38.5 Å². The lowest BCUT2D eigenvalue weighted by atomic mass is 9.83. The highest BCUT2D eigenvalue weighted by molar-refractivity contribution is 8.02. The monoisotopic (exact) mass is 544 g/mol. The fourth-order valence-electron chi connectivity index (χ4n) is 3.95. The van der Waals surface area contributed by atoms with Crippen LogP contribution in [0.2, 0.25) is 0 Å². The molecule has 1 aromatic heterocycles. The molecule has 0 spiro atoms. The number of thioether (sulfide) groups is 1. The molecule has 4 rings (SSSR count). The number of hydrogen-bond acceptors (Lipinski definition) is 5. The predicted octanol–water partition coefficient (Wildman–Crippen LogP) is 7.73. The van der Waals surface area contributed by atoms with Crippen LogP contribution in [0.3, 0.4) is 0 Å². The topological polar surface area (TPSA) is 68.9 Å². The van der Waals surface area contributed by atoms with Crippen LogP contribution in [-0.2, 0) is 28.1 Å². The maximum atomic E-state index is 13.0. The highest BCUT2D eigenvalue weighted by Gasteiger charge is 2.31. The maximum absolute atomic E-state index is 13.0. The fraction of sp³-hybridized carbons (Fsp3) is 0.276. The molecule has 0 fully saturated rings. The Morgan fingerprint density at radius 1 is 1.11 bits per heavy atom. The molecule has 38 heavy (non-hydrogen) atoms. The number of alkyl halides is 3. The standard InChI is InChI=1S/C29H27F3O5S/c1-28(2)15-23(12-13-26(28)36-17-27(33)34)38-18-20-14-24(19-8-10-21(11-9-19)29(30,31)32)37-25(20)16-35-22-6-4-3-5-7-22/h3-15,26H,16-18H2,1-2H3,(H,33,34). The summed E-state index contributed by atoms with van der Waals surface area (Å²) in [4.78, 5) is 11.9. The van der Waals surface area contributed by atoms with Crippen molar-refractivity contribution in [1.29, 1.82) is 0 Å². The van der Waals surface area contributed by atoms with Crippen molar-refractivity contribution >= 4 is 17.7 Å². The molecule has 1 aliphatic carbocycles. The first-order chi connectivity index (χ1) is 18.0. The molecule has 0 saturated heterocycles. The van der Waals surface area contributed by atoms with Crippen molar-refractivity contribution in [2.24, 2.45) is 5.41 Å². The molecule has 200 valence electrons. The minimum atomic E-state index is -4.41. The smallest absolute Gasteiger partial charge is 0.416 e. The first kappa shape index (κ1) is 27.6. The SMILES string of the molecule is CC1(C)C=C(SCc2cc(-c3ccc(C(F)(F)F)cc3)oc2COc2ccccc2)C=CC1OCC(=O)O. The van der Waals surface area contributed by atoms with Crippen LogP contribution in [0.15, 0.2) is 88.2 Å². The van der Waals surface area contributed by atoms with Crippen molar-refractivity contribution in [3.05, 3.63) is 101 Å². The van der Waals surface area contributed by atoms with Gasteiger partial charge in [0.25, 0.3) is 0 Å². The molecule has 0 aliphatic heterocycles. The number of aliphatic carboxylic acids is 1. The molecule has 1 aliphatic rings. The molecule has 0 saturated carbocycles. The summed E-state index contributed by atoms with van der Waals surface area (Å²) in [6.45, 7) is 3.74. The molecule has 9 heteroatoms. The zero-order valence-corrected chi connectivity index (χ0v) is 21.6. The molecule has 5 nitrogen and oxygen atoms in total. The van der Waals surface area contributed by atoms with E-state index in [0.717, 1.165) is 22.6 Å². The number of para-hydroxylation sites is 1. The molecule has 1 N–H and O–H groups in total. The third-order valence-electron chi connectivity index (χ3n) is 5.97. The lowest BCUT2D eigenvalue weighted by Crippen LogP contribution is -2.32. The van der Waals surface area contributed by atoms with Gasteiger partial charge in [0.1, 0.15) is 30.5 Å². The highest BCUT2D eigenvalue weighted by Crippen LogP contribution is 2.38. The zero-order chi connectivity index (χ0) is 27.3. The quantitative estimate of drug-likeness (QED) is 0.282. The summed E-state index contributed by atoms with van der Waals surface area (Å²) in [6.07, 6.45) is 1.03. The van der Waals surface area contributed by atoms with Crippen LogP contribution >= 0.6 is 11.8 Å². The average Bonchev–Trinajstić information content (AvgIpc) is 3.28. The Morgan fingerprint density at radius 2 is 1.82 bits per heavy atom. The first-order valence-corrected chi connectivity index (χ1v) is 12.8. The van der Waals surface area contributed by atoms with E-state index >= 15 is 0 Å². The van der Waals surface area contributed by atoms with E-state index in [4.69, 9.17) is 19.0 Å². The number of carbonyl (C=O) groups is 1. The van der Waals surface area contributed by atoms with Gasteiger partial charge >= 0.3 is 12.1 Å². The van der Waals surface area contributed by atoms with Crippen molar-refractivity contribution < 1.29 is 37.0 Å². The number of ether oxygens (including phenoxy) is 2. The normalized spacial score (nSPS) is 16.8. The average molecular weight is 545 g/mol. The summed E-state index contributed by atoms with van der Waals surface area (Å²) in [7, 11) is 0. The van der Waals surface area contributed by atoms with Gasteiger partial charge in [-0.25, -0.2) is 4.79 Å². The molecule has 1 heterocycles. The summed E-state index contributed by atoms with van der Waals surface area (Å²) < 4.78 is 56.5. The number of hydrogen-bond donors (Lipinski definition) is 1. The second-order valence-electron chi connectivity index (χ2n) is 9.38. The first-order valence-electron chi connectivity index (χ1n) is 11.9. The van der Waals surface area contributed by atoms with Crippen molar-refractivity contribution in [3.63, 3.8) is 0 Å². The summed E-state index contributed by atoms with van der Waals surface area (Å²) in [5, 5.41) is 8.91. The molecule has 2 aromatic carbocycles. The second-order valence-corrected chi connectivity index (χ2v) is 10.4. The van der Waals surface area contributed by atoms with Crippen LogP contribution in [0.5, 0.6) is 5.75 Å². The second kappa shape index (κ2) is 11.5. The third-order valence-corrected chi connectivity index (χ3v) is 7.01. The lowest BCUT2D eigenvalue weighted by molar-refractivity contribution is -0.145. The van der Waals surface area contributed by atoms with Crippen LogP contribution in [0, 0.1) is 5.41 Å². The Bertz CT molecular complexity index is 1310. The summed E-state index contributed by atoms with van der Waals surface area (Å²) >= 11 is 1.57. The van der Waals surface area contributed by atoms with Crippen LogP contribution in [0.4, 0.5) is 13.2 Å². The number of rotatable bonds is 10. The van der Waals surface area contributed by atoms with Crippen LogP contribution in [-0.4, -0.2) is 23.8 Å². The van der Waals surface area contributed by atoms with Crippen molar-refractivity contribution in [1.82, 2.24) is 0 Å². The van der Waals surface area contributed by atoms with E-state index < -0.39 is 23.1 Å². The molecular weight excluding hydrogens is 517 g/mol. The molecule has 3 aromatic rings. The Kier molecular flexibility index (Phi) is 8.38. The molecular formula is C29H27F3O5S. The van der Waals surface area contributed by atoms with Crippen LogP contribution in [0.25, 0.3) is 11.3 Å². The van der Waals surface area contributed by atoms with Gasteiger partial charge in [0.15, 0.2) is 0 Å². The Labute approximate surface area is 223 Å². The molecule has 0 amide bonds. The van der Waals surface area contributed by atoms with E-state index in [-0.39, 0.29) is 19.3 Å². The number of halogens is 3. The number of carboxylic acids is 1. The van der Waals surface area contributed by atoms with Crippen LogP contribution < -0.4 is 4.74 Å². The Balaban J connectivity index is 1.52. The number of benzene rings is 2. The van der Waals surface area contributed by atoms with Crippen LogP contribution in [0.1, 0.15) is 30.7 Å². The Hall–Kier alpha value is -3.43. The van der Waals surface area contributed by atoms with Crippen molar-refractivity contribution in [3.8, 4) is 17.1 Å². The van der Waals surface area contributed by atoms with E-state index in [1.165, 1.54) is 12.1 Å². The van der Waals surface area contributed by atoms with Gasteiger partial charge in [-0.15, -0.1) is 11.8 Å². The zero-order valence-electron chi connectivity index (χ0n) is 20.8. The number of furan rings is 1. The van der Waals surface area contributed by atoms with Gasteiger partial charge in [-0.3, -0.25) is 0 Å². The fourth-order valence-corrected chi connectivity index (χ4v) is 5.08. The minimum Gasteiger partial charge on any atom is -0.486 e. The van der Waals surface area contributed by atoms with E-state index in [2.05, 4.69) is 0 Å². The van der Waals surface area contributed by atoms with Gasteiger partial charge in [-0.05, 0) is 30.3 Å². The third kappa shape index (κ3) is 7.11. The maximum Gasteiger partial charge on any atom is 0.416 e. The van der Waals surface area contributed by atoms with E-state index in [1.807, 2.05) is 68.5 Å². The molecule has 1 atom stereocenters. The largest absolute Gasteiger partial charge is 0.486 e.